The van der Waals surface area contributed by atoms with Gasteiger partial charge >= 0.3 is 0 Å². The van der Waals surface area contributed by atoms with Gasteiger partial charge in [-0.05, 0) is 57.2 Å². The minimum Gasteiger partial charge on any atom is -0.342 e. The summed E-state index contributed by atoms with van der Waals surface area (Å²) < 4.78 is 1.03. The first kappa shape index (κ1) is 16.5. The first-order valence-corrected chi connectivity index (χ1v) is 8.42. The minimum absolute atomic E-state index is 0.149. The molecule has 1 aromatic rings. The number of piperidine rings is 1. The molecule has 0 spiro atoms. The van der Waals surface area contributed by atoms with Crippen LogP contribution in [0.2, 0.25) is 0 Å². The van der Waals surface area contributed by atoms with Crippen molar-refractivity contribution in [3.05, 3.63) is 34.3 Å². The maximum Gasteiger partial charge on any atom is 0.232 e. The maximum absolute atomic E-state index is 12.9. The number of halogens is 1. The van der Waals surface area contributed by atoms with Crippen molar-refractivity contribution in [3.8, 4) is 0 Å². The number of likely N-dealkylation sites (tertiary alicyclic amines) is 1. The normalized spacial score (nSPS) is 21.2. The van der Waals surface area contributed by atoms with Gasteiger partial charge in [-0.1, -0.05) is 28.1 Å². The third-order valence-electron chi connectivity index (χ3n) is 4.59. The predicted molar refractivity (Wildman–Crippen MR) is 90.1 cm³/mol. The van der Waals surface area contributed by atoms with E-state index in [0.29, 0.717) is 5.92 Å². The number of rotatable bonds is 3. The number of amides is 1. The first-order valence-electron chi connectivity index (χ1n) is 7.63. The highest BCUT2D eigenvalue weighted by molar-refractivity contribution is 9.10. The zero-order valence-electron chi connectivity index (χ0n) is 13.1. The Labute approximate surface area is 136 Å². The van der Waals surface area contributed by atoms with Crippen molar-refractivity contribution in [3.63, 3.8) is 0 Å². The summed E-state index contributed by atoms with van der Waals surface area (Å²) in [5, 5.41) is 0. The van der Waals surface area contributed by atoms with Crippen molar-refractivity contribution in [1.29, 1.82) is 0 Å². The second kappa shape index (κ2) is 6.49. The highest BCUT2D eigenvalue weighted by Gasteiger charge is 2.36. The molecule has 2 N–H and O–H groups in total. The van der Waals surface area contributed by atoms with Gasteiger partial charge in [-0.25, -0.2) is 0 Å². The zero-order valence-corrected chi connectivity index (χ0v) is 14.7. The molecular formula is C17H25BrN2O. The topological polar surface area (TPSA) is 46.3 Å². The number of carbonyl (C=O) groups excluding carboxylic acids is 1. The first-order chi connectivity index (χ1) is 9.82. The van der Waals surface area contributed by atoms with Crippen LogP contribution >= 0.6 is 15.9 Å². The quantitative estimate of drug-likeness (QED) is 0.906. The van der Waals surface area contributed by atoms with Crippen molar-refractivity contribution in [2.75, 3.05) is 13.1 Å². The van der Waals surface area contributed by atoms with Crippen LogP contribution in [-0.2, 0) is 10.2 Å². The van der Waals surface area contributed by atoms with Gasteiger partial charge in [0.25, 0.3) is 0 Å². The Morgan fingerprint density at radius 2 is 2.00 bits per heavy atom. The van der Waals surface area contributed by atoms with Crippen LogP contribution in [-0.4, -0.2) is 29.9 Å². The molecule has 0 saturated carbocycles. The average Bonchev–Trinajstić information content (AvgIpc) is 2.47. The summed E-state index contributed by atoms with van der Waals surface area (Å²) in [6, 6.07) is 8.18. The smallest absolute Gasteiger partial charge is 0.232 e. The molecular weight excluding hydrogens is 328 g/mol. The number of benzene rings is 1. The van der Waals surface area contributed by atoms with E-state index in [1.807, 2.05) is 49.9 Å². The summed E-state index contributed by atoms with van der Waals surface area (Å²) in [5.41, 5.74) is 6.58. The molecule has 4 heteroatoms. The number of carbonyl (C=O) groups is 1. The molecule has 1 aromatic carbocycles. The molecule has 1 saturated heterocycles. The van der Waals surface area contributed by atoms with Crippen LogP contribution < -0.4 is 5.73 Å². The van der Waals surface area contributed by atoms with Crippen molar-refractivity contribution in [2.24, 2.45) is 11.7 Å². The molecule has 2 unspecified atom stereocenters. The molecule has 1 fully saturated rings. The third kappa shape index (κ3) is 3.67. The second-order valence-corrected chi connectivity index (χ2v) is 7.56. The highest BCUT2D eigenvalue weighted by Crippen LogP contribution is 2.29. The molecule has 1 aliphatic rings. The van der Waals surface area contributed by atoms with E-state index in [1.165, 1.54) is 0 Å². The summed E-state index contributed by atoms with van der Waals surface area (Å²) >= 11 is 3.44. The minimum atomic E-state index is -0.500. The molecule has 0 bridgehead atoms. The summed E-state index contributed by atoms with van der Waals surface area (Å²) in [4.78, 5) is 14.9. The number of nitrogens with zero attached hydrogens (tertiary/aromatic N) is 1. The van der Waals surface area contributed by atoms with E-state index < -0.39 is 5.41 Å². The van der Waals surface area contributed by atoms with Crippen LogP contribution in [0.5, 0.6) is 0 Å². The van der Waals surface area contributed by atoms with Crippen LogP contribution in [0.25, 0.3) is 0 Å². The Morgan fingerprint density at radius 3 is 2.57 bits per heavy atom. The molecule has 21 heavy (non-hydrogen) atoms. The number of hydrogen-bond acceptors (Lipinski definition) is 2. The molecule has 1 heterocycles. The fraction of sp³-hybridized carbons (Fsp3) is 0.588. The summed E-state index contributed by atoms with van der Waals surface area (Å²) in [5.74, 6) is 0.624. The van der Waals surface area contributed by atoms with E-state index in [2.05, 4.69) is 15.9 Å². The monoisotopic (exact) mass is 352 g/mol. The molecule has 116 valence electrons. The van der Waals surface area contributed by atoms with Crippen molar-refractivity contribution >= 4 is 21.8 Å². The number of hydrogen-bond donors (Lipinski definition) is 1. The predicted octanol–water partition coefficient (Wildman–Crippen LogP) is 3.31. The summed E-state index contributed by atoms with van der Waals surface area (Å²) in [7, 11) is 0. The van der Waals surface area contributed by atoms with Crippen molar-refractivity contribution in [1.82, 2.24) is 4.90 Å². The Balaban J connectivity index is 2.15. The fourth-order valence-electron chi connectivity index (χ4n) is 3.01. The molecule has 1 amide bonds. The largest absolute Gasteiger partial charge is 0.342 e. The molecule has 2 atom stereocenters. The van der Waals surface area contributed by atoms with Gasteiger partial charge in [0.1, 0.15) is 0 Å². The maximum atomic E-state index is 12.9. The fourth-order valence-corrected chi connectivity index (χ4v) is 3.27. The van der Waals surface area contributed by atoms with Gasteiger partial charge in [0, 0.05) is 23.6 Å². The molecule has 0 aliphatic carbocycles. The van der Waals surface area contributed by atoms with Crippen LogP contribution in [0.1, 0.15) is 39.2 Å². The lowest BCUT2D eigenvalue weighted by atomic mass is 9.82. The van der Waals surface area contributed by atoms with Crippen LogP contribution in [0.3, 0.4) is 0 Å². The zero-order chi connectivity index (χ0) is 15.6. The van der Waals surface area contributed by atoms with E-state index in [1.54, 1.807) is 0 Å². The van der Waals surface area contributed by atoms with Crippen LogP contribution in [0.15, 0.2) is 28.7 Å². The van der Waals surface area contributed by atoms with E-state index >= 15 is 0 Å². The van der Waals surface area contributed by atoms with Crippen molar-refractivity contribution in [2.45, 2.75) is 45.1 Å². The molecule has 0 radical (unpaired) electrons. The van der Waals surface area contributed by atoms with Gasteiger partial charge < -0.3 is 10.6 Å². The van der Waals surface area contributed by atoms with Gasteiger partial charge in [0.2, 0.25) is 5.91 Å². The third-order valence-corrected chi connectivity index (χ3v) is 5.12. The lowest BCUT2D eigenvalue weighted by molar-refractivity contribution is -0.138. The van der Waals surface area contributed by atoms with E-state index in [4.69, 9.17) is 5.73 Å². The van der Waals surface area contributed by atoms with Crippen LogP contribution in [0, 0.1) is 5.92 Å². The van der Waals surface area contributed by atoms with Gasteiger partial charge in [-0.15, -0.1) is 0 Å². The Morgan fingerprint density at radius 1 is 1.38 bits per heavy atom. The Bertz CT molecular complexity index is 496. The molecule has 3 nitrogen and oxygen atoms in total. The average molecular weight is 353 g/mol. The molecule has 2 rings (SSSR count). The van der Waals surface area contributed by atoms with Gasteiger partial charge in [0.15, 0.2) is 0 Å². The highest BCUT2D eigenvalue weighted by atomic mass is 79.9. The lowest BCUT2D eigenvalue weighted by Gasteiger charge is -2.39. The van der Waals surface area contributed by atoms with E-state index in [0.717, 1.165) is 36.0 Å². The summed E-state index contributed by atoms with van der Waals surface area (Å²) in [6.07, 6.45) is 2.18. The molecule has 1 aliphatic heterocycles. The van der Waals surface area contributed by atoms with Gasteiger partial charge in [0.05, 0.1) is 5.41 Å². The van der Waals surface area contributed by atoms with E-state index in [9.17, 15) is 4.79 Å². The number of nitrogens with two attached hydrogens (primary N) is 1. The summed E-state index contributed by atoms with van der Waals surface area (Å²) in [6.45, 7) is 7.69. The SMILES string of the molecule is CC(N)C1CCCN(C(=O)C(C)(C)c2ccc(Br)cc2)C1. The van der Waals surface area contributed by atoms with Crippen LogP contribution in [0.4, 0.5) is 0 Å². The van der Waals surface area contributed by atoms with E-state index in [-0.39, 0.29) is 11.9 Å². The van der Waals surface area contributed by atoms with Gasteiger partial charge in [-0.3, -0.25) is 4.79 Å². The standard InChI is InChI=1S/C17H25BrN2O/c1-12(19)13-5-4-10-20(11-13)16(21)17(2,3)14-6-8-15(18)9-7-14/h6-9,12-13H,4-5,10-11,19H2,1-3H3. The lowest BCUT2D eigenvalue weighted by Crippen LogP contribution is -2.50. The van der Waals surface area contributed by atoms with Crippen molar-refractivity contribution < 1.29 is 4.79 Å². The second-order valence-electron chi connectivity index (χ2n) is 6.64. The Kier molecular flexibility index (Phi) is 5.10. The molecule has 0 aromatic heterocycles. The Hall–Kier alpha value is -0.870. The van der Waals surface area contributed by atoms with Gasteiger partial charge in [-0.2, -0.15) is 0 Å².